The molecular weight excluding hydrogens is 426 g/mol. The number of nitrogens with one attached hydrogen (secondary N) is 1. The second-order valence-electron chi connectivity index (χ2n) is 6.15. The normalized spacial score (nSPS) is 13.1. The Morgan fingerprint density at radius 1 is 1.21 bits per heavy atom. The molecule has 3 aromatic rings. The standard InChI is InChI=1S/C20H16BrN3O4/c1-2-24-16-9-14(7-8-17(16)27-11-19(24)25)22-20(26)15-10-18(28-23-15)12-3-5-13(21)6-4-12/h3-10H,2,11H2,1H3,(H,22,26). The van der Waals surface area contributed by atoms with E-state index in [0.29, 0.717) is 29.4 Å². The van der Waals surface area contributed by atoms with Crippen LogP contribution in [0.5, 0.6) is 5.75 Å². The van der Waals surface area contributed by atoms with Gasteiger partial charge in [-0.1, -0.05) is 33.2 Å². The number of hydrogen-bond acceptors (Lipinski definition) is 5. The topological polar surface area (TPSA) is 84.7 Å². The molecule has 0 fully saturated rings. The second-order valence-corrected chi connectivity index (χ2v) is 7.06. The molecule has 8 heteroatoms. The lowest BCUT2D eigenvalue weighted by Gasteiger charge is -2.28. The highest BCUT2D eigenvalue weighted by Crippen LogP contribution is 2.34. The summed E-state index contributed by atoms with van der Waals surface area (Å²) in [6, 6.07) is 14.2. The average Bonchev–Trinajstić information content (AvgIpc) is 3.19. The number of halogens is 1. The third-order valence-electron chi connectivity index (χ3n) is 4.35. The highest BCUT2D eigenvalue weighted by molar-refractivity contribution is 9.10. The Morgan fingerprint density at radius 2 is 2.00 bits per heavy atom. The monoisotopic (exact) mass is 441 g/mol. The van der Waals surface area contributed by atoms with Gasteiger partial charge in [-0.3, -0.25) is 9.59 Å². The molecule has 0 aliphatic carbocycles. The summed E-state index contributed by atoms with van der Waals surface area (Å²) in [4.78, 5) is 26.2. The molecule has 28 heavy (non-hydrogen) atoms. The number of fused-ring (bicyclic) bond motifs is 1. The van der Waals surface area contributed by atoms with E-state index in [4.69, 9.17) is 9.26 Å². The number of anilines is 2. The highest BCUT2D eigenvalue weighted by atomic mass is 79.9. The Labute approximate surface area is 169 Å². The van der Waals surface area contributed by atoms with E-state index in [0.717, 1.165) is 10.0 Å². The van der Waals surface area contributed by atoms with Gasteiger partial charge in [0.1, 0.15) is 5.75 Å². The van der Waals surface area contributed by atoms with Gasteiger partial charge < -0.3 is 19.5 Å². The smallest absolute Gasteiger partial charge is 0.277 e. The van der Waals surface area contributed by atoms with Gasteiger partial charge >= 0.3 is 0 Å². The number of carbonyl (C=O) groups is 2. The Kier molecular flexibility index (Phi) is 4.87. The predicted molar refractivity (Wildman–Crippen MR) is 108 cm³/mol. The van der Waals surface area contributed by atoms with Crippen LogP contribution >= 0.6 is 15.9 Å². The van der Waals surface area contributed by atoms with Crippen molar-refractivity contribution in [1.82, 2.24) is 5.16 Å². The average molecular weight is 442 g/mol. The fraction of sp³-hybridized carbons (Fsp3) is 0.150. The first kappa shape index (κ1) is 18.2. The maximum atomic E-state index is 12.5. The number of nitrogens with zero attached hydrogens (tertiary/aromatic N) is 2. The van der Waals surface area contributed by atoms with Gasteiger partial charge in [0.05, 0.1) is 5.69 Å². The number of aromatic nitrogens is 1. The number of carbonyl (C=O) groups excluding carboxylic acids is 2. The van der Waals surface area contributed by atoms with Crippen LogP contribution in [-0.4, -0.2) is 30.1 Å². The minimum absolute atomic E-state index is 0.0182. The van der Waals surface area contributed by atoms with Crippen LogP contribution in [0.3, 0.4) is 0 Å². The van der Waals surface area contributed by atoms with Crippen molar-refractivity contribution in [3.05, 3.63) is 58.7 Å². The lowest BCUT2D eigenvalue weighted by Crippen LogP contribution is -2.38. The van der Waals surface area contributed by atoms with E-state index in [9.17, 15) is 9.59 Å². The summed E-state index contributed by atoms with van der Waals surface area (Å²) in [5.41, 5.74) is 2.15. The van der Waals surface area contributed by atoms with Gasteiger partial charge in [-0.15, -0.1) is 0 Å². The van der Waals surface area contributed by atoms with Gasteiger partial charge in [0, 0.05) is 28.3 Å². The minimum atomic E-state index is -0.404. The number of benzene rings is 2. The first-order chi connectivity index (χ1) is 13.5. The maximum absolute atomic E-state index is 12.5. The molecule has 2 aromatic carbocycles. The van der Waals surface area contributed by atoms with Gasteiger partial charge in [0.25, 0.3) is 11.8 Å². The third kappa shape index (κ3) is 3.50. The van der Waals surface area contributed by atoms with E-state index in [-0.39, 0.29) is 18.2 Å². The number of hydrogen-bond donors (Lipinski definition) is 1. The summed E-state index contributed by atoms with van der Waals surface area (Å²) in [5.74, 6) is 0.588. The molecule has 0 unspecified atom stereocenters. The molecule has 1 N–H and O–H groups in total. The molecule has 0 bridgehead atoms. The fourth-order valence-corrected chi connectivity index (χ4v) is 3.22. The molecule has 2 heterocycles. The number of amides is 2. The van der Waals surface area contributed by atoms with Crippen molar-refractivity contribution < 1.29 is 18.8 Å². The molecule has 0 saturated heterocycles. The van der Waals surface area contributed by atoms with Crippen LogP contribution in [0.25, 0.3) is 11.3 Å². The van der Waals surface area contributed by atoms with Crippen LogP contribution in [0.2, 0.25) is 0 Å². The zero-order valence-corrected chi connectivity index (χ0v) is 16.5. The first-order valence-electron chi connectivity index (χ1n) is 8.66. The summed E-state index contributed by atoms with van der Waals surface area (Å²) in [5, 5.41) is 6.63. The fourth-order valence-electron chi connectivity index (χ4n) is 2.95. The largest absolute Gasteiger partial charge is 0.482 e. The van der Waals surface area contributed by atoms with E-state index in [2.05, 4.69) is 26.4 Å². The van der Waals surface area contributed by atoms with Crippen molar-refractivity contribution in [3.8, 4) is 17.1 Å². The lowest BCUT2D eigenvalue weighted by molar-refractivity contribution is -0.121. The lowest BCUT2D eigenvalue weighted by atomic mass is 10.1. The SMILES string of the molecule is CCN1C(=O)COc2ccc(NC(=O)c3cc(-c4ccc(Br)cc4)on3)cc21. The summed E-state index contributed by atoms with van der Waals surface area (Å²) in [7, 11) is 0. The number of rotatable bonds is 4. The number of likely N-dealkylation sites (N-methyl/N-ethyl adjacent to an activating group) is 1. The summed E-state index contributed by atoms with van der Waals surface area (Å²) in [6.45, 7) is 2.42. The molecule has 0 atom stereocenters. The molecule has 2 amide bonds. The van der Waals surface area contributed by atoms with Crippen molar-refractivity contribution in [2.75, 3.05) is 23.4 Å². The van der Waals surface area contributed by atoms with Crippen molar-refractivity contribution in [3.63, 3.8) is 0 Å². The summed E-state index contributed by atoms with van der Waals surface area (Å²) in [6.07, 6.45) is 0. The van der Waals surface area contributed by atoms with Crippen molar-refractivity contribution in [2.24, 2.45) is 0 Å². The van der Waals surface area contributed by atoms with E-state index in [1.807, 2.05) is 31.2 Å². The van der Waals surface area contributed by atoms with Crippen LogP contribution in [0.1, 0.15) is 17.4 Å². The van der Waals surface area contributed by atoms with E-state index < -0.39 is 5.91 Å². The Morgan fingerprint density at radius 3 is 2.75 bits per heavy atom. The van der Waals surface area contributed by atoms with E-state index in [1.165, 1.54) is 0 Å². The quantitative estimate of drug-likeness (QED) is 0.658. The van der Waals surface area contributed by atoms with Gasteiger partial charge in [0.15, 0.2) is 18.1 Å². The van der Waals surface area contributed by atoms with Crippen LogP contribution in [0, 0.1) is 0 Å². The highest BCUT2D eigenvalue weighted by Gasteiger charge is 2.25. The Balaban J connectivity index is 1.54. The van der Waals surface area contributed by atoms with Crippen LogP contribution in [0.4, 0.5) is 11.4 Å². The Hall–Kier alpha value is -3.13. The molecule has 1 aliphatic heterocycles. The van der Waals surface area contributed by atoms with Crippen molar-refractivity contribution in [1.29, 1.82) is 0 Å². The molecule has 0 saturated carbocycles. The van der Waals surface area contributed by atoms with Gasteiger partial charge in [0.2, 0.25) is 0 Å². The van der Waals surface area contributed by atoms with E-state index in [1.54, 1.807) is 29.2 Å². The molecule has 4 rings (SSSR count). The Bertz CT molecular complexity index is 1050. The molecule has 0 radical (unpaired) electrons. The predicted octanol–water partition coefficient (Wildman–Crippen LogP) is 4.10. The summed E-state index contributed by atoms with van der Waals surface area (Å²) < 4.78 is 11.7. The van der Waals surface area contributed by atoms with Crippen LogP contribution in [-0.2, 0) is 4.79 Å². The molecule has 7 nitrogen and oxygen atoms in total. The molecular formula is C20H16BrN3O4. The molecule has 1 aromatic heterocycles. The first-order valence-corrected chi connectivity index (χ1v) is 9.45. The maximum Gasteiger partial charge on any atom is 0.277 e. The van der Waals surface area contributed by atoms with Crippen molar-refractivity contribution in [2.45, 2.75) is 6.92 Å². The zero-order chi connectivity index (χ0) is 19.7. The summed E-state index contributed by atoms with van der Waals surface area (Å²) >= 11 is 3.38. The molecule has 142 valence electrons. The third-order valence-corrected chi connectivity index (χ3v) is 4.88. The van der Waals surface area contributed by atoms with Gasteiger partial charge in [-0.2, -0.15) is 0 Å². The van der Waals surface area contributed by atoms with Crippen LogP contribution in [0.15, 0.2) is 57.5 Å². The minimum Gasteiger partial charge on any atom is -0.482 e. The van der Waals surface area contributed by atoms with E-state index >= 15 is 0 Å². The number of ether oxygens (including phenoxy) is 1. The zero-order valence-electron chi connectivity index (χ0n) is 14.9. The van der Waals surface area contributed by atoms with Crippen LogP contribution < -0.4 is 15.0 Å². The van der Waals surface area contributed by atoms with Gasteiger partial charge in [-0.05, 0) is 37.3 Å². The second kappa shape index (κ2) is 7.47. The van der Waals surface area contributed by atoms with Crippen molar-refractivity contribution >= 4 is 39.1 Å². The molecule has 0 spiro atoms. The van der Waals surface area contributed by atoms with Gasteiger partial charge in [-0.25, -0.2) is 0 Å². The molecule has 1 aliphatic rings.